The first-order valence-electron chi connectivity index (χ1n) is 12.0. The van der Waals surface area contributed by atoms with Crippen molar-refractivity contribution in [3.8, 4) is 5.75 Å². The van der Waals surface area contributed by atoms with Crippen molar-refractivity contribution in [3.05, 3.63) is 29.7 Å². The Kier molecular flexibility index (Phi) is 6.60. The van der Waals surface area contributed by atoms with Gasteiger partial charge in [-0.15, -0.1) is 13.2 Å². The number of hydrogen-bond donors (Lipinski definition) is 0. The van der Waals surface area contributed by atoms with Crippen LogP contribution in [0.25, 0.3) is 0 Å². The van der Waals surface area contributed by atoms with Gasteiger partial charge >= 0.3 is 6.36 Å². The summed E-state index contributed by atoms with van der Waals surface area (Å²) in [6.07, 6.45) is 8.34. The lowest BCUT2D eigenvalue weighted by molar-refractivity contribution is -0.274. The summed E-state index contributed by atoms with van der Waals surface area (Å²) >= 11 is 0. The Morgan fingerprint density at radius 1 is 0.923 bits per heavy atom. The number of unbranched alkanes of at least 4 members (excludes halogenated alkanes) is 3. The van der Waals surface area contributed by atoms with Crippen molar-refractivity contribution in [3.63, 3.8) is 0 Å². The highest BCUT2D eigenvalue weighted by atomic mass is 19.4. The number of benzene rings is 1. The molecule has 0 bridgehead atoms. The molecule has 0 spiro atoms. The molecule has 0 heterocycles. The van der Waals surface area contributed by atoms with E-state index in [1.807, 2.05) is 0 Å². The number of ether oxygens (including phenoxy) is 1. The average molecular weight is 375 g/mol. The maximum absolute atomic E-state index is 12.5. The Morgan fingerprint density at radius 2 is 1.46 bits per heavy atom. The fourth-order valence-electron chi connectivity index (χ4n) is 3.85. The van der Waals surface area contributed by atoms with E-state index in [1.54, 1.807) is 0 Å². The Labute approximate surface area is 161 Å². The smallest absolute Gasteiger partial charge is 0.406 e. The molecular weight excluding hydrogens is 337 g/mol. The number of halogens is 3. The largest absolute Gasteiger partial charge is 0.573 e. The summed E-state index contributed by atoms with van der Waals surface area (Å²) in [5.74, 6) is 0.518. The monoisotopic (exact) mass is 374 g/mol. The summed E-state index contributed by atoms with van der Waals surface area (Å²) in [5.41, 5.74) is 0.166. The molecule has 1 fully saturated rings. The van der Waals surface area contributed by atoms with Gasteiger partial charge < -0.3 is 4.74 Å². The quantitative estimate of drug-likeness (QED) is 0.381. The molecule has 1 aliphatic rings. The molecule has 26 heavy (non-hydrogen) atoms. The summed E-state index contributed by atoms with van der Waals surface area (Å²) in [6, 6.07) is -2.43. The lowest BCUT2D eigenvalue weighted by Gasteiger charge is -2.28. The van der Waals surface area contributed by atoms with Crippen molar-refractivity contribution in [1.29, 1.82) is 0 Å². The van der Waals surface area contributed by atoms with Crippen molar-refractivity contribution in [1.82, 2.24) is 0 Å². The molecule has 1 nitrogen and oxygen atoms in total. The molecule has 1 aromatic carbocycles. The summed E-state index contributed by atoms with van der Waals surface area (Å²) in [6.45, 7) is 2.23. The maximum atomic E-state index is 12.5. The van der Waals surface area contributed by atoms with Gasteiger partial charge in [-0.2, -0.15) is 0 Å². The number of hydrogen-bond acceptors (Lipinski definition) is 1. The van der Waals surface area contributed by atoms with Crippen LogP contribution in [0.15, 0.2) is 24.2 Å². The Hall–Kier alpha value is -1.19. The van der Waals surface area contributed by atoms with Gasteiger partial charge in [0.05, 0.1) is 5.48 Å². The molecule has 148 valence electrons. The summed E-state index contributed by atoms with van der Waals surface area (Å²) in [7, 11) is 0. The first kappa shape index (κ1) is 15.8. The first-order valence-corrected chi connectivity index (χ1v) is 9.99. The van der Waals surface area contributed by atoms with Gasteiger partial charge in [0.15, 0.2) is 0 Å². The molecule has 2 rings (SSSR count). The molecule has 0 aliphatic heterocycles. The molecule has 0 radical (unpaired) electrons. The van der Waals surface area contributed by atoms with Gasteiger partial charge in [-0.1, -0.05) is 83.2 Å². The molecule has 1 aromatic rings. The Morgan fingerprint density at radius 3 is 1.96 bits per heavy atom. The van der Waals surface area contributed by atoms with Crippen LogP contribution >= 0.6 is 0 Å². The molecule has 1 aliphatic carbocycles. The van der Waals surface area contributed by atoms with E-state index in [9.17, 15) is 13.2 Å². The summed E-state index contributed by atoms with van der Waals surface area (Å²) in [5, 5.41) is 0. The van der Waals surface area contributed by atoms with Gasteiger partial charge in [0, 0.05) is 0 Å². The second-order valence-corrected chi connectivity index (χ2v) is 7.48. The topological polar surface area (TPSA) is 9.23 Å². The summed E-state index contributed by atoms with van der Waals surface area (Å²) < 4.78 is 72.6. The van der Waals surface area contributed by atoms with Crippen molar-refractivity contribution in [2.24, 2.45) is 11.8 Å². The zero-order chi connectivity index (χ0) is 22.3. The minimum atomic E-state index is -5.05. The number of alkyl halides is 3. The zero-order valence-electron chi connectivity index (χ0n) is 19.7. The first-order chi connectivity index (χ1) is 14.1. The number of rotatable bonds is 10. The van der Waals surface area contributed by atoms with Crippen molar-refractivity contribution >= 4 is 0 Å². The predicted molar refractivity (Wildman–Crippen MR) is 100 cm³/mol. The minimum absolute atomic E-state index is 0.166. The molecule has 4 heteroatoms. The standard InChI is InChI=1S/C22H33F3O/c1-2-3-4-7-18-10-12-19(13-11-18)8-5-6-9-20-14-16-21(17-15-20)26-22(23,24)25/h14-19H,2-13H2,1H3/i14D,15D,16D,17D. The van der Waals surface area contributed by atoms with E-state index in [0.717, 1.165) is 18.8 Å². The van der Waals surface area contributed by atoms with Crippen LogP contribution in [-0.4, -0.2) is 6.36 Å². The van der Waals surface area contributed by atoms with E-state index in [2.05, 4.69) is 11.7 Å². The van der Waals surface area contributed by atoms with Gasteiger partial charge in [0.1, 0.15) is 5.75 Å². The predicted octanol–water partition coefficient (Wildman–Crippen LogP) is 7.68. The van der Waals surface area contributed by atoms with Crippen LogP contribution < -0.4 is 4.74 Å². The average Bonchev–Trinajstić information content (AvgIpc) is 2.70. The van der Waals surface area contributed by atoms with Crippen LogP contribution in [0.5, 0.6) is 5.75 Å². The van der Waals surface area contributed by atoms with Crippen LogP contribution in [0.3, 0.4) is 0 Å². The van der Waals surface area contributed by atoms with Crippen LogP contribution in [0.1, 0.15) is 88.6 Å². The van der Waals surface area contributed by atoms with E-state index < -0.39 is 36.3 Å². The molecule has 0 atom stereocenters. The Balaban J connectivity index is 1.83. The third-order valence-electron chi connectivity index (χ3n) is 5.34. The highest BCUT2D eigenvalue weighted by molar-refractivity contribution is 5.27. The molecule has 1 saturated carbocycles. The van der Waals surface area contributed by atoms with Gasteiger partial charge in [-0.3, -0.25) is 0 Å². The molecule has 0 unspecified atom stereocenters. The van der Waals surface area contributed by atoms with E-state index >= 15 is 0 Å². The molecule has 0 N–H and O–H groups in total. The van der Waals surface area contributed by atoms with Gasteiger partial charge in [-0.25, -0.2) is 0 Å². The van der Waals surface area contributed by atoms with Crippen molar-refractivity contribution in [2.75, 3.05) is 0 Å². The summed E-state index contributed by atoms with van der Waals surface area (Å²) in [4.78, 5) is 0. The van der Waals surface area contributed by atoms with Gasteiger partial charge in [-0.05, 0) is 42.3 Å². The van der Waals surface area contributed by atoms with Gasteiger partial charge in [0.2, 0.25) is 0 Å². The second-order valence-electron chi connectivity index (χ2n) is 7.48. The Bertz CT molecular complexity index is 657. The second kappa shape index (κ2) is 10.8. The highest BCUT2D eigenvalue weighted by Gasteiger charge is 2.30. The van der Waals surface area contributed by atoms with Crippen molar-refractivity contribution in [2.45, 2.75) is 90.3 Å². The third-order valence-corrected chi connectivity index (χ3v) is 5.34. The van der Waals surface area contributed by atoms with Crippen LogP contribution in [-0.2, 0) is 6.42 Å². The van der Waals surface area contributed by atoms with Crippen LogP contribution in [0.4, 0.5) is 13.2 Å². The SMILES string of the molecule is [2H]c1c([2H])c(OC(F)(F)F)c([2H])c([2H])c1CCCCC1CCC(CCCCC)CC1. The van der Waals surface area contributed by atoms with Crippen LogP contribution in [0, 0.1) is 11.8 Å². The van der Waals surface area contributed by atoms with E-state index in [1.165, 1.54) is 51.4 Å². The molecule has 0 saturated heterocycles. The van der Waals surface area contributed by atoms with E-state index in [-0.39, 0.29) is 5.56 Å². The van der Waals surface area contributed by atoms with E-state index in [0.29, 0.717) is 18.8 Å². The fourth-order valence-corrected chi connectivity index (χ4v) is 3.85. The lowest BCUT2D eigenvalue weighted by atomic mass is 9.78. The van der Waals surface area contributed by atoms with Crippen LogP contribution in [0.2, 0.25) is 0 Å². The normalized spacial score (nSPS) is 23.1. The maximum Gasteiger partial charge on any atom is 0.573 e. The molecular formula is C22H33F3O. The highest BCUT2D eigenvalue weighted by Crippen LogP contribution is 2.34. The lowest BCUT2D eigenvalue weighted by Crippen LogP contribution is -2.17. The third kappa shape index (κ3) is 8.46. The molecule has 0 amide bonds. The molecule has 0 aromatic heterocycles. The van der Waals surface area contributed by atoms with Crippen molar-refractivity contribution < 1.29 is 23.4 Å². The van der Waals surface area contributed by atoms with E-state index in [4.69, 9.17) is 5.48 Å². The zero-order valence-corrected chi connectivity index (χ0v) is 15.7. The minimum Gasteiger partial charge on any atom is -0.406 e. The fraction of sp³-hybridized carbons (Fsp3) is 0.727. The van der Waals surface area contributed by atoms with Gasteiger partial charge in [0.25, 0.3) is 0 Å².